The zero-order chi connectivity index (χ0) is 16.7. The summed E-state index contributed by atoms with van der Waals surface area (Å²) >= 11 is 0. The van der Waals surface area contributed by atoms with Crippen LogP contribution >= 0.6 is 0 Å². The van der Waals surface area contributed by atoms with Crippen molar-refractivity contribution in [2.45, 2.75) is 26.3 Å². The molecule has 2 rings (SSSR count). The zero-order valence-corrected chi connectivity index (χ0v) is 12.9. The number of rotatable bonds is 6. The molecule has 23 heavy (non-hydrogen) atoms. The Morgan fingerprint density at radius 2 is 1.52 bits per heavy atom. The summed E-state index contributed by atoms with van der Waals surface area (Å²) < 4.78 is 12.8. The third kappa shape index (κ3) is 5.54. The molecule has 0 aliphatic rings. The molecule has 0 aliphatic heterocycles. The van der Waals surface area contributed by atoms with Gasteiger partial charge in [-0.15, -0.1) is 0 Å². The van der Waals surface area contributed by atoms with Gasteiger partial charge in [-0.2, -0.15) is 0 Å². The van der Waals surface area contributed by atoms with Gasteiger partial charge in [0.15, 0.2) is 0 Å². The van der Waals surface area contributed by atoms with Crippen molar-refractivity contribution in [3.05, 3.63) is 65.5 Å². The molecule has 120 valence electrons. The molecular weight excluding hydrogens is 295 g/mol. The van der Waals surface area contributed by atoms with E-state index in [9.17, 15) is 14.0 Å². The van der Waals surface area contributed by atoms with Crippen LogP contribution in [0.25, 0.3) is 0 Å². The summed E-state index contributed by atoms with van der Waals surface area (Å²) in [6.07, 6.45) is 0.677. The standard InChI is InChI=1S/C18H19FN2O2/c1-2-13-5-9-16(10-6-13)21-18(23)11-17(22)20-12-14-3-7-15(19)8-4-14/h3-10H,2,11-12H2,1H3,(H,20,22)(H,21,23). The molecule has 4 nitrogen and oxygen atoms in total. The predicted molar refractivity (Wildman–Crippen MR) is 87.3 cm³/mol. The maximum absolute atomic E-state index is 12.8. The summed E-state index contributed by atoms with van der Waals surface area (Å²) in [5, 5.41) is 5.31. The monoisotopic (exact) mass is 314 g/mol. The van der Waals surface area contributed by atoms with Crippen molar-refractivity contribution in [3.8, 4) is 0 Å². The summed E-state index contributed by atoms with van der Waals surface area (Å²) in [5.41, 5.74) is 2.62. The van der Waals surface area contributed by atoms with E-state index in [1.807, 2.05) is 24.3 Å². The van der Waals surface area contributed by atoms with E-state index in [2.05, 4.69) is 17.6 Å². The largest absolute Gasteiger partial charge is 0.352 e. The third-order valence-electron chi connectivity index (χ3n) is 3.37. The molecule has 0 atom stereocenters. The van der Waals surface area contributed by atoms with Crippen molar-refractivity contribution in [3.63, 3.8) is 0 Å². The Kier molecular flexibility index (Phi) is 5.86. The summed E-state index contributed by atoms with van der Waals surface area (Å²) in [4.78, 5) is 23.6. The fraction of sp³-hybridized carbons (Fsp3) is 0.222. The molecule has 2 N–H and O–H groups in total. The molecule has 2 amide bonds. The number of amides is 2. The Morgan fingerprint density at radius 3 is 2.13 bits per heavy atom. The first-order valence-corrected chi connectivity index (χ1v) is 7.46. The van der Waals surface area contributed by atoms with Gasteiger partial charge in [0.05, 0.1) is 0 Å². The molecule has 2 aromatic carbocycles. The highest BCUT2D eigenvalue weighted by Crippen LogP contribution is 2.10. The first-order chi connectivity index (χ1) is 11.1. The third-order valence-corrected chi connectivity index (χ3v) is 3.37. The fourth-order valence-corrected chi connectivity index (χ4v) is 2.04. The number of nitrogens with one attached hydrogen (secondary N) is 2. The Labute approximate surface area is 134 Å². The van der Waals surface area contributed by atoms with Gasteiger partial charge in [0, 0.05) is 12.2 Å². The van der Waals surface area contributed by atoms with Crippen molar-refractivity contribution in [2.24, 2.45) is 0 Å². The van der Waals surface area contributed by atoms with E-state index in [1.165, 1.54) is 17.7 Å². The predicted octanol–water partition coefficient (Wildman–Crippen LogP) is 3.03. The van der Waals surface area contributed by atoms with Crippen LogP contribution in [-0.2, 0) is 22.6 Å². The Hall–Kier alpha value is -2.69. The molecule has 0 fully saturated rings. The first-order valence-electron chi connectivity index (χ1n) is 7.46. The SMILES string of the molecule is CCc1ccc(NC(=O)CC(=O)NCc2ccc(F)cc2)cc1. The van der Waals surface area contributed by atoms with E-state index in [0.29, 0.717) is 5.69 Å². The van der Waals surface area contributed by atoms with E-state index < -0.39 is 0 Å². The van der Waals surface area contributed by atoms with Crippen LogP contribution in [0.2, 0.25) is 0 Å². The van der Waals surface area contributed by atoms with Crippen molar-refractivity contribution >= 4 is 17.5 Å². The lowest BCUT2D eigenvalue weighted by Crippen LogP contribution is -2.27. The average Bonchev–Trinajstić information content (AvgIpc) is 2.55. The number of hydrogen-bond donors (Lipinski definition) is 2. The fourth-order valence-electron chi connectivity index (χ4n) is 2.04. The molecule has 0 radical (unpaired) electrons. The lowest BCUT2D eigenvalue weighted by molar-refractivity contribution is -0.126. The van der Waals surface area contributed by atoms with Crippen LogP contribution in [0.1, 0.15) is 24.5 Å². The minimum Gasteiger partial charge on any atom is -0.352 e. The summed E-state index contributed by atoms with van der Waals surface area (Å²) in [5.74, 6) is -1.07. The van der Waals surface area contributed by atoms with E-state index in [-0.39, 0.29) is 30.6 Å². The number of hydrogen-bond acceptors (Lipinski definition) is 2. The van der Waals surface area contributed by atoms with E-state index in [4.69, 9.17) is 0 Å². The van der Waals surface area contributed by atoms with Gasteiger partial charge in [-0.1, -0.05) is 31.2 Å². The van der Waals surface area contributed by atoms with Gasteiger partial charge in [-0.3, -0.25) is 9.59 Å². The highest BCUT2D eigenvalue weighted by atomic mass is 19.1. The summed E-state index contributed by atoms with van der Waals surface area (Å²) in [7, 11) is 0. The topological polar surface area (TPSA) is 58.2 Å². The highest BCUT2D eigenvalue weighted by molar-refractivity contribution is 6.03. The molecule has 0 saturated heterocycles. The molecular formula is C18H19FN2O2. The molecule has 2 aromatic rings. The summed E-state index contributed by atoms with van der Waals surface area (Å²) in [6, 6.07) is 13.3. The van der Waals surface area contributed by atoms with Crippen LogP contribution < -0.4 is 10.6 Å². The molecule has 0 bridgehead atoms. The van der Waals surface area contributed by atoms with E-state index >= 15 is 0 Å². The average molecular weight is 314 g/mol. The van der Waals surface area contributed by atoms with Crippen molar-refractivity contribution in [1.29, 1.82) is 0 Å². The highest BCUT2D eigenvalue weighted by Gasteiger charge is 2.09. The second-order valence-corrected chi connectivity index (χ2v) is 5.18. The van der Waals surface area contributed by atoms with Crippen LogP contribution in [0, 0.1) is 5.82 Å². The molecule has 0 unspecified atom stereocenters. The first kappa shape index (κ1) is 16.7. The van der Waals surface area contributed by atoms with Gasteiger partial charge in [-0.05, 0) is 41.8 Å². The lowest BCUT2D eigenvalue weighted by atomic mass is 10.1. The van der Waals surface area contributed by atoms with Crippen LogP contribution in [0.3, 0.4) is 0 Å². The molecule has 0 spiro atoms. The zero-order valence-electron chi connectivity index (χ0n) is 12.9. The molecule has 0 heterocycles. The Bertz CT molecular complexity index is 666. The van der Waals surface area contributed by atoms with Crippen LogP contribution in [0.15, 0.2) is 48.5 Å². The van der Waals surface area contributed by atoms with Gasteiger partial charge in [0.2, 0.25) is 11.8 Å². The van der Waals surface area contributed by atoms with Crippen molar-refractivity contribution < 1.29 is 14.0 Å². The maximum Gasteiger partial charge on any atom is 0.233 e. The van der Waals surface area contributed by atoms with Gasteiger partial charge in [0.1, 0.15) is 12.2 Å². The van der Waals surface area contributed by atoms with Gasteiger partial charge >= 0.3 is 0 Å². The van der Waals surface area contributed by atoms with Gasteiger partial charge < -0.3 is 10.6 Å². The number of benzene rings is 2. The van der Waals surface area contributed by atoms with E-state index in [1.54, 1.807) is 12.1 Å². The number of carbonyl (C=O) groups is 2. The molecule has 0 saturated carbocycles. The molecule has 0 aliphatic carbocycles. The second kappa shape index (κ2) is 8.08. The molecule has 5 heteroatoms. The van der Waals surface area contributed by atoms with Gasteiger partial charge in [0.25, 0.3) is 0 Å². The van der Waals surface area contributed by atoms with E-state index in [0.717, 1.165) is 12.0 Å². The Balaban J connectivity index is 1.77. The van der Waals surface area contributed by atoms with Crippen LogP contribution in [0.4, 0.5) is 10.1 Å². The lowest BCUT2D eigenvalue weighted by Gasteiger charge is -2.07. The number of aryl methyl sites for hydroxylation is 1. The summed E-state index contributed by atoms with van der Waals surface area (Å²) in [6.45, 7) is 2.32. The normalized spacial score (nSPS) is 10.2. The van der Waals surface area contributed by atoms with Crippen molar-refractivity contribution in [1.82, 2.24) is 5.32 Å². The molecule has 0 aromatic heterocycles. The van der Waals surface area contributed by atoms with Crippen LogP contribution in [0.5, 0.6) is 0 Å². The van der Waals surface area contributed by atoms with Gasteiger partial charge in [-0.25, -0.2) is 4.39 Å². The minimum absolute atomic E-state index is 0.253. The number of anilines is 1. The Morgan fingerprint density at radius 1 is 0.913 bits per heavy atom. The number of halogens is 1. The maximum atomic E-state index is 12.8. The quantitative estimate of drug-likeness (QED) is 0.805. The number of carbonyl (C=O) groups excluding carboxylic acids is 2. The minimum atomic E-state index is -0.378. The second-order valence-electron chi connectivity index (χ2n) is 5.18. The smallest absolute Gasteiger partial charge is 0.233 e. The van der Waals surface area contributed by atoms with Crippen molar-refractivity contribution in [2.75, 3.05) is 5.32 Å². The van der Waals surface area contributed by atoms with Crippen LogP contribution in [-0.4, -0.2) is 11.8 Å².